The van der Waals surface area contributed by atoms with E-state index in [1.54, 1.807) is 0 Å². The predicted molar refractivity (Wildman–Crippen MR) is 62.3 cm³/mol. The van der Waals surface area contributed by atoms with Gasteiger partial charge in [-0.1, -0.05) is 29.8 Å². The number of carbonyl (C=O) groups excluding carboxylic acids is 1. The zero-order valence-corrected chi connectivity index (χ0v) is 10.9. The molecule has 4 heteroatoms. The van der Waals surface area contributed by atoms with Gasteiger partial charge < -0.3 is 5.21 Å². The van der Waals surface area contributed by atoms with Crippen molar-refractivity contribution in [2.45, 2.75) is 26.7 Å². The lowest BCUT2D eigenvalue weighted by molar-refractivity contribution is -0.424. The van der Waals surface area contributed by atoms with Crippen molar-refractivity contribution in [3.05, 3.63) is 5.21 Å². The van der Waals surface area contributed by atoms with Crippen LogP contribution in [-0.4, -0.2) is 28.6 Å². The van der Waals surface area contributed by atoms with Crippen molar-refractivity contribution in [3.63, 3.8) is 0 Å². The largest absolute Gasteiger partial charge is 0.624 e. The van der Waals surface area contributed by atoms with Crippen molar-refractivity contribution in [2.75, 3.05) is 12.4 Å². The highest BCUT2D eigenvalue weighted by Crippen LogP contribution is 2.63. The summed E-state index contributed by atoms with van der Waals surface area (Å²) in [5.74, 6) is 0.204. The molecule has 0 aromatic heterocycles. The average Bonchev–Trinajstić information content (AvgIpc) is 2.51. The number of ketones is 1. The molecular formula is C11H16BrNO2. The van der Waals surface area contributed by atoms with Crippen LogP contribution in [0.5, 0.6) is 0 Å². The molecular weight excluding hydrogens is 258 g/mol. The van der Waals surface area contributed by atoms with Crippen LogP contribution >= 0.6 is 15.9 Å². The molecule has 2 bridgehead atoms. The Bertz CT molecular complexity index is 362. The summed E-state index contributed by atoms with van der Waals surface area (Å²) in [4.78, 5) is 12.2. The van der Waals surface area contributed by atoms with Gasteiger partial charge in [0.1, 0.15) is 7.05 Å². The number of hydroxylamine groups is 1. The molecule has 0 amide bonds. The Hall–Kier alpha value is -0.380. The third kappa shape index (κ3) is 1.06. The Morgan fingerprint density at radius 1 is 1.60 bits per heavy atom. The number of carbonyl (C=O) groups is 1. The smallest absolute Gasteiger partial charge is 0.234 e. The number of Topliss-reactive ketones (excluding diaryl/α,β-unsaturated/α-hetero) is 1. The topological polar surface area (TPSA) is 43.1 Å². The Morgan fingerprint density at radius 3 is 2.53 bits per heavy atom. The van der Waals surface area contributed by atoms with Gasteiger partial charge in [-0.3, -0.25) is 4.79 Å². The fourth-order valence-corrected chi connectivity index (χ4v) is 4.29. The zero-order chi connectivity index (χ0) is 11.4. The number of hydrogen-bond acceptors (Lipinski definition) is 2. The molecule has 0 spiro atoms. The van der Waals surface area contributed by atoms with E-state index >= 15 is 0 Å². The molecule has 15 heavy (non-hydrogen) atoms. The highest BCUT2D eigenvalue weighted by atomic mass is 79.9. The maximum Gasteiger partial charge on any atom is 0.234 e. The number of nitrogens with zero attached hydrogens (tertiary/aromatic N) is 1. The Balaban J connectivity index is 2.60. The number of hydrogen-bond donors (Lipinski definition) is 0. The number of halogens is 1. The molecule has 0 N–H and O–H groups in total. The van der Waals surface area contributed by atoms with Crippen LogP contribution in [0.4, 0.5) is 0 Å². The van der Waals surface area contributed by atoms with E-state index in [1.165, 1.54) is 7.05 Å². The van der Waals surface area contributed by atoms with Crippen LogP contribution in [0.3, 0.4) is 0 Å². The van der Waals surface area contributed by atoms with Gasteiger partial charge in [0.15, 0.2) is 0 Å². The van der Waals surface area contributed by atoms with Crippen LogP contribution in [-0.2, 0) is 4.79 Å². The molecule has 2 saturated carbocycles. The van der Waals surface area contributed by atoms with Gasteiger partial charge in [-0.15, -0.1) is 0 Å². The van der Waals surface area contributed by atoms with Gasteiger partial charge in [0, 0.05) is 16.2 Å². The minimum absolute atomic E-state index is 0.0678. The predicted octanol–water partition coefficient (Wildman–Crippen LogP) is 1.97. The Labute approximate surface area is 98.3 Å². The molecule has 2 rings (SSSR count). The van der Waals surface area contributed by atoms with E-state index < -0.39 is 0 Å². The van der Waals surface area contributed by atoms with Gasteiger partial charge in [0.2, 0.25) is 11.5 Å². The molecule has 2 aliphatic rings. The molecule has 2 fully saturated rings. The molecule has 2 aliphatic carbocycles. The first kappa shape index (κ1) is 11.1. The van der Waals surface area contributed by atoms with E-state index in [9.17, 15) is 10.0 Å². The van der Waals surface area contributed by atoms with Crippen molar-refractivity contribution in [1.82, 2.24) is 0 Å². The van der Waals surface area contributed by atoms with Crippen LogP contribution in [0.1, 0.15) is 26.7 Å². The van der Waals surface area contributed by atoms with Crippen molar-refractivity contribution in [2.24, 2.45) is 16.7 Å². The van der Waals surface area contributed by atoms with E-state index in [-0.39, 0.29) is 22.5 Å². The highest BCUT2D eigenvalue weighted by molar-refractivity contribution is 9.09. The van der Waals surface area contributed by atoms with E-state index in [2.05, 4.69) is 22.9 Å². The van der Waals surface area contributed by atoms with E-state index in [0.29, 0.717) is 5.71 Å². The summed E-state index contributed by atoms with van der Waals surface area (Å²) >= 11 is 3.51. The SMILES string of the molecule is C/[N+]([O-])=C1\C(=O)[C@@]2(C)CC[C@H]1[C@@]2(C)CBr. The fourth-order valence-electron chi connectivity index (χ4n) is 3.28. The van der Waals surface area contributed by atoms with Crippen LogP contribution in [0.25, 0.3) is 0 Å². The molecule has 0 saturated heterocycles. The molecule has 84 valence electrons. The van der Waals surface area contributed by atoms with Crippen LogP contribution < -0.4 is 0 Å². The van der Waals surface area contributed by atoms with E-state index in [1.807, 2.05) is 6.92 Å². The lowest BCUT2D eigenvalue weighted by Crippen LogP contribution is -2.37. The quantitative estimate of drug-likeness (QED) is 0.317. The molecule has 0 unspecified atom stereocenters. The van der Waals surface area contributed by atoms with E-state index in [4.69, 9.17) is 0 Å². The second-order valence-electron chi connectivity index (χ2n) is 5.19. The van der Waals surface area contributed by atoms with Gasteiger partial charge >= 0.3 is 0 Å². The molecule has 0 aromatic rings. The summed E-state index contributed by atoms with van der Waals surface area (Å²) in [6.45, 7) is 4.13. The summed E-state index contributed by atoms with van der Waals surface area (Å²) in [6, 6.07) is 0. The third-order valence-corrected chi connectivity index (χ3v) is 5.81. The van der Waals surface area contributed by atoms with Crippen LogP contribution in [0, 0.1) is 22.0 Å². The Kier molecular flexibility index (Phi) is 2.27. The monoisotopic (exact) mass is 273 g/mol. The lowest BCUT2D eigenvalue weighted by atomic mass is 9.70. The molecule has 3 atom stereocenters. The first-order chi connectivity index (χ1) is 6.88. The first-order valence-corrected chi connectivity index (χ1v) is 6.39. The van der Waals surface area contributed by atoms with Gasteiger partial charge in [-0.2, -0.15) is 0 Å². The number of fused-ring (bicyclic) bond motifs is 2. The lowest BCUT2D eigenvalue weighted by Gasteiger charge is -2.33. The van der Waals surface area contributed by atoms with E-state index in [0.717, 1.165) is 22.9 Å². The summed E-state index contributed by atoms with van der Waals surface area (Å²) < 4.78 is 0.776. The van der Waals surface area contributed by atoms with Gasteiger partial charge in [0.05, 0.1) is 5.92 Å². The summed E-state index contributed by atoms with van der Waals surface area (Å²) in [6.07, 6.45) is 1.88. The standard InChI is InChI=1S/C11H16BrNO2/c1-10-5-4-7(11(10,2)6-12)8(9(10)14)13(3)15/h7H,4-6H2,1-3H3/b13-8+/t7-,10-,11-/m1/s1. The number of rotatable bonds is 1. The van der Waals surface area contributed by atoms with Crippen molar-refractivity contribution >= 4 is 27.4 Å². The minimum atomic E-state index is -0.338. The third-order valence-electron chi connectivity index (χ3n) is 4.64. The first-order valence-electron chi connectivity index (χ1n) is 5.27. The molecule has 0 aromatic carbocycles. The van der Waals surface area contributed by atoms with Gasteiger partial charge in [0.25, 0.3) is 0 Å². The van der Waals surface area contributed by atoms with Crippen LogP contribution in [0.2, 0.25) is 0 Å². The van der Waals surface area contributed by atoms with Gasteiger partial charge in [-0.25, -0.2) is 4.74 Å². The van der Waals surface area contributed by atoms with Crippen molar-refractivity contribution in [1.29, 1.82) is 0 Å². The van der Waals surface area contributed by atoms with Crippen molar-refractivity contribution < 1.29 is 9.53 Å². The average molecular weight is 274 g/mol. The van der Waals surface area contributed by atoms with Crippen LogP contribution in [0.15, 0.2) is 0 Å². The Morgan fingerprint density at radius 2 is 2.20 bits per heavy atom. The molecule has 0 heterocycles. The summed E-state index contributed by atoms with van der Waals surface area (Å²) in [5, 5.41) is 12.2. The summed E-state index contributed by atoms with van der Waals surface area (Å²) in [7, 11) is 1.44. The normalized spacial score (nSPS) is 47.5. The zero-order valence-electron chi connectivity index (χ0n) is 9.34. The molecule has 0 aliphatic heterocycles. The summed E-state index contributed by atoms with van der Waals surface area (Å²) in [5.41, 5.74) is 0.0680. The fraction of sp³-hybridized carbons (Fsp3) is 0.818. The molecule has 3 nitrogen and oxygen atoms in total. The van der Waals surface area contributed by atoms with Crippen molar-refractivity contribution in [3.8, 4) is 0 Å². The minimum Gasteiger partial charge on any atom is -0.624 e. The highest BCUT2D eigenvalue weighted by Gasteiger charge is 2.69. The second-order valence-corrected chi connectivity index (χ2v) is 5.75. The molecule has 0 radical (unpaired) electrons. The van der Waals surface area contributed by atoms with Gasteiger partial charge in [-0.05, 0) is 12.8 Å². The maximum absolute atomic E-state index is 12.2. The number of alkyl halides is 1. The maximum atomic E-state index is 12.2. The second kappa shape index (κ2) is 3.06.